The van der Waals surface area contributed by atoms with E-state index in [9.17, 15) is 4.79 Å². The number of carbonyl (C=O) groups excluding carboxylic acids is 1. The average Bonchev–Trinajstić information content (AvgIpc) is 2.71. The minimum absolute atomic E-state index is 0.0299. The van der Waals surface area contributed by atoms with Crippen molar-refractivity contribution in [2.45, 2.75) is 44.2 Å². The molecular weight excluding hydrogens is 423 g/mol. The summed E-state index contributed by atoms with van der Waals surface area (Å²) in [5.74, 6) is 0.222. The minimum Gasteiger partial charge on any atom is -0.381 e. The van der Waals surface area contributed by atoms with Crippen LogP contribution in [-0.2, 0) is 21.5 Å². The summed E-state index contributed by atoms with van der Waals surface area (Å²) >= 11 is 12.7. The van der Waals surface area contributed by atoms with Gasteiger partial charge in [-0.2, -0.15) is 0 Å². The van der Waals surface area contributed by atoms with E-state index in [-0.39, 0.29) is 24.3 Å². The number of halogens is 2. The van der Waals surface area contributed by atoms with Gasteiger partial charge in [-0.15, -0.1) is 0 Å². The molecule has 0 radical (unpaired) electrons. The summed E-state index contributed by atoms with van der Waals surface area (Å²) in [7, 11) is 0. The van der Waals surface area contributed by atoms with Crippen molar-refractivity contribution in [3.05, 3.63) is 63.4 Å². The number of aliphatic imine (C=N–C) groups is 1. The number of amides is 1. The first-order valence-corrected chi connectivity index (χ1v) is 10.8. The normalized spacial score (nSPS) is 22.8. The SMILES string of the molecule is C[C@@]1(c2cccc(Cc3ccc(Cl)cn3)c2Cl)CC(=O)N(C2CCOCC2)C(N)=N1. The van der Waals surface area contributed by atoms with E-state index in [1.165, 1.54) is 0 Å². The summed E-state index contributed by atoms with van der Waals surface area (Å²) in [6.07, 6.45) is 3.92. The Morgan fingerprint density at radius 1 is 1.23 bits per heavy atom. The van der Waals surface area contributed by atoms with Crippen molar-refractivity contribution in [3.8, 4) is 0 Å². The highest BCUT2D eigenvalue weighted by Gasteiger charge is 2.41. The van der Waals surface area contributed by atoms with Gasteiger partial charge >= 0.3 is 0 Å². The number of rotatable bonds is 4. The van der Waals surface area contributed by atoms with E-state index in [0.717, 1.165) is 29.7 Å². The molecule has 4 rings (SSSR count). The van der Waals surface area contributed by atoms with Gasteiger partial charge in [0.1, 0.15) is 0 Å². The molecule has 2 aromatic rings. The van der Waals surface area contributed by atoms with Gasteiger partial charge in [0.15, 0.2) is 5.96 Å². The Kier molecular flexibility index (Phi) is 6.00. The Labute approximate surface area is 186 Å². The molecule has 1 aromatic heterocycles. The Morgan fingerprint density at radius 2 is 2.00 bits per heavy atom. The number of nitrogens with zero attached hydrogens (tertiary/aromatic N) is 3. The summed E-state index contributed by atoms with van der Waals surface area (Å²) in [5.41, 5.74) is 8.04. The largest absolute Gasteiger partial charge is 0.381 e. The van der Waals surface area contributed by atoms with Crippen LogP contribution in [0.4, 0.5) is 0 Å². The first kappa shape index (κ1) is 21.1. The molecule has 158 valence electrons. The molecule has 0 saturated carbocycles. The summed E-state index contributed by atoms with van der Waals surface area (Å²) in [6, 6.07) is 9.51. The summed E-state index contributed by atoms with van der Waals surface area (Å²) in [6.45, 7) is 3.17. The zero-order chi connectivity index (χ0) is 21.3. The maximum Gasteiger partial charge on any atom is 0.232 e. The molecule has 1 atom stereocenters. The highest BCUT2D eigenvalue weighted by atomic mass is 35.5. The van der Waals surface area contributed by atoms with E-state index >= 15 is 0 Å². The Balaban J connectivity index is 1.63. The number of benzene rings is 1. The fourth-order valence-corrected chi connectivity index (χ4v) is 4.69. The maximum atomic E-state index is 13.1. The number of hydrogen-bond acceptors (Lipinski definition) is 5. The van der Waals surface area contributed by atoms with Crippen molar-refractivity contribution in [1.29, 1.82) is 0 Å². The molecule has 1 saturated heterocycles. The maximum absolute atomic E-state index is 13.1. The zero-order valence-corrected chi connectivity index (χ0v) is 18.3. The molecule has 0 bridgehead atoms. The van der Waals surface area contributed by atoms with Crippen LogP contribution in [0.1, 0.15) is 43.0 Å². The smallest absolute Gasteiger partial charge is 0.232 e. The molecule has 0 unspecified atom stereocenters. The number of ether oxygens (including phenoxy) is 1. The van der Waals surface area contributed by atoms with Gasteiger partial charge in [-0.3, -0.25) is 14.7 Å². The van der Waals surface area contributed by atoms with Gasteiger partial charge in [0.05, 0.1) is 17.0 Å². The van der Waals surface area contributed by atoms with Crippen molar-refractivity contribution < 1.29 is 9.53 Å². The minimum atomic E-state index is -0.816. The van der Waals surface area contributed by atoms with Crippen LogP contribution in [0.3, 0.4) is 0 Å². The van der Waals surface area contributed by atoms with Crippen molar-refractivity contribution >= 4 is 35.1 Å². The fourth-order valence-electron chi connectivity index (χ4n) is 4.18. The van der Waals surface area contributed by atoms with Gasteiger partial charge in [-0.25, -0.2) is 4.99 Å². The summed E-state index contributed by atoms with van der Waals surface area (Å²) < 4.78 is 5.41. The average molecular weight is 447 g/mol. The lowest BCUT2D eigenvalue weighted by molar-refractivity contribution is -0.132. The first-order valence-electron chi connectivity index (χ1n) is 10.0. The highest BCUT2D eigenvalue weighted by molar-refractivity contribution is 6.32. The van der Waals surface area contributed by atoms with Crippen LogP contribution in [0.15, 0.2) is 41.5 Å². The molecule has 1 aromatic carbocycles. The third-order valence-electron chi connectivity index (χ3n) is 5.75. The van der Waals surface area contributed by atoms with Crippen LogP contribution < -0.4 is 5.73 Å². The van der Waals surface area contributed by atoms with E-state index in [1.807, 2.05) is 31.2 Å². The molecule has 2 N–H and O–H groups in total. The molecule has 0 spiro atoms. The van der Waals surface area contributed by atoms with Crippen LogP contribution in [0.25, 0.3) is 0 Å². The predicted octanol–water partition coefficient (Wildman–Crippen LogP) is 3.92. The van der Waals surface area contributed by atoms with Gasteiger partial charge in [-0.1, -0.05) is 41.4 Å². The van der Waals surface area contributed by atoms with Crippen molar-refractivity contribution in [2.75, 3.05) is 13.2 Å². The fraction of sp³-hybridized carbons (Fsp3) is 0.409. The molecular formula is C22H24Cl2N4O2. The Hall–Kier alpha value is -2.15. The molecule has 6 nitrogen and oxygen atoms in total. The van der Waals surface area contributed by atoms with Crippen molar-refractivity contribution in [3.63, 3.8) is 0 Å². The van der Waals surface area contributed by atoms with Gasteiger partial charge in [0, 0.05) is 42.6 Å². The van der Waals surface area contributed by atoms with Crippen LogP contribution in [-0.4, -0.2) is 41.0 Å². The second-order valence-electron chi connectivity index (χ2n) is 7.95. The number of nitrogens with two attached hydrogens (primary N) is 1. The molecule has 1 fully saturated rings. The first-order chi connectivity index (χ1) is 14.4. The topological polar surface area (TPSA) is 80.8 Å². The van der Waals surface area contributed by atoms with Gasteiger partial charge in [-0.05, 0) is 43.0 Å². The molecule has 0 aliphatic carbocycles. The van der Waals surface area contributed by atoms with E-state index in [4.69, 9.17) is 38.7 Å². The quantitative estimate of drug-likeness (QED) is 0.771. The molecule has 30 heavy (non-hydrogen) atoms. The summed E-state index contributed by atoms with van der Waals surface area (Å²) in [5, 5.41) is 1.17. The standard InChI is InChI=1S/C22H24Cl2N4O2/c1-22(12-19(29)28(21(25)27-22)17-7-9-30-10-8-17)18-4-2-3-14(20(18)24)11-16-6-5-15(23)13-26-16/h2-6,13,17H,7-12H2,1H3,(H2,25,27)/t22-/m0/s1. The number of carbonyl (C=O) groups is 1. The van der Waals surface area contributed by atoms with E-state index in [2.05, 4.69) is 4.98 Å². The predicted molar refractivity (Wildman–Crippen MR) is 118 cm³/mol. The Morgan fingerprint density at radius 3 is 2.67 bits per heavy atom. The third kappa shape index (κ3) is 4.17. The van der Waals surface area contributed by atoms with Gasteiger partial charge in [0.2, 0.25) is 5.91 Å². The second-order valence-corrected chi connectivity index (χ2v) is 8.77. The highest BCUT2D eigenvalue weighted by Crippen LogP contribution is 2.39. The zero-order valence-electron chi connectivity index (χ0n) is 16.8. The Bertz CT molecular complexity index is 974. The summed E-state index contributed by atoms with van der Waals surface area (Å²) in [4.78, 5) is 23.8. The molecule has 2 aliphatic rings. The van der Waals surface area contributed by atoms with Crippen LogP contribution >= 0.6 is 23.2 Å². The van der Waals surface area contributed by atoms with Gasteiger partial charge < -0.3 is 10.5 Å². The number of aromatic nitrogens is 1. The lowest BCUT2D eigenvalue weighted by Gasteiger charge is -2.40. The molecule has 1 amide bonds. The molecule has 8 heteroatoms. The van der Waals surface area contributed by atoms with E-state index in [1.54, 1.807) is 17.2 Å². The number of guanidine groups is 1. The number of hydrogen-bond donors (Lipinski definition) is 1. The van der Waals surface area contributed by atoms with Gasteiger partial charge in [0.25, 0.3) is 0 Å². The van der Waals surface area contributed by atoms with Crippen LogP contribution in [0.5, 0.6) is 0 Å². The lowest BCUT2D eigenvalue weighted by atomic mass is 9.85. The third-order valence-corrected chi connectivity index (χ3v) is 6.42. The lowest BCUT2D eigenvalue weighted by Crippen LogP contribution is -2.55. The van der Waals surface area contributed by atoms with E-state index < -0.39 is 5.54 Å². The molecule has 3 heterocycles. The molecule has 2 aliphatic heterocycles. The number of pyridine rings is 1. The van der Waals surface area contributed by atoms with Crippen molar-refractivity contribution in [2.24, 2.45) is 10.7 Å². The monoisotopic (exact) mass is 446 g/mol. The van der Waals surface area contributed by atoms with Crippen molar-refractivity contribution in [1.82, 2.24) is 9.88 Å². The van der Waals surface area contributed by atoms with Crippen LogP contribution in [0.2, 0.25) is 10.0 Å². The van der Waals surface area contributed by atoms with Crippen LogP contribution in [0, 0.1) is 0 Å². The second kappa shape index (κ2) is 8.53. The van der Waals surface area contributed by atoms with E-state index in [0.29, 0.717) is 29.7 Å².